The van der Waals surface area contributed by atoms with Gasteiger partial charge < -0.3 is 19.7 Å². The van der Waals surface area contributed by atoms with E-state index in [2.05, 4.69) is 10.3 Å². The lowest BCUT2D eigenvalue weighted by Crippen LogP contribution is -2.55. The number of aromatic nitrogens is 1. The van der Waals surface area contributed by atoms with Crippen LogP contribution in [0.25, 0.3) is 0 Å². The molecule has 6 nitrogen and oxygen atoms in total. The minimum atomic E-state index is -0.558. The van der Waals surface area contributed by atoms with Crippen molar-refractivity contribution in [1.82, 2.24) is 15.2 Å². The van der Waals surface area contributed by atoms with Crippen molar-refractivity contribution >= 4 is 6.09 Å². The zero-order chi connectivity index (χ0) is 17.0. The van der Waals surface area contributed by atoms with Gasteiger partial charge in [0.2, 0.25) is 5.88 Å². The smallest absolute Gasteiger partial charge is 0.410 e. The molecule has 0 radical (unpaired) electrons. The van der Waals surface area contributed by atoms with Crippen LogP contribution in [0.3, 0.4) is 0 Å². The molecule has 0 aliphatic carbocycles. The predicted molar refractivity (Wildman–Crippen MR) is 84.0 cm³/mol. The lowest BCUT2D eigenvalue weighted by Gasteiger charge is -2.37. The summed E-state index contributed by atoms with van der Waals surface area (Å²) in [5.74, 6) is -0.514. The van der Waals surface area contributed by atoms with Gasteiger partial charge in [-0.05, 0) is 38.8 Å². The normalized spacial score (nSPS) is 18.7. The van der Waals surface area contributed by atoms with Gasteiger partial charge in [-0.1, -0.05) is 0 Å². The molecule has 1 amide bonds. The number of hydrogen-bond acceptors (Lipinski definition) is 5. The summed E-state index contributed by atoms with van der Waals surface area (Å²) in [6, 6.07) is 1.43. The van der Waals surface area contributed by atoms with Crippen LogP contribution < -0.4 is 10.1 Å². The maximum atomic E-state index is 14.3. The van der Waals surface area contributed by atoms with Crippen LogP contribution >= 0.6 is 0 Å². The maximum absolute atomic E-state index is 14.3. The van der Waals surface area contributed by atoms with E-state index in [4.69, 9.17) is 9.47 Å². The molecule has 0 bridgehead atoms. The molecule has 1 fully saturated rings. The number of piperazine rings is 1. The number of carbonyl (C=O) groups is 1. The molecule has 1 atom stereocenters. The fourth-order valence-corrected chi connectivity index (χ4v) is 2.52. The second kappa shape index (κ2) is 7.12. The number of ether oxygens (including phenoxy) is 2. The number of nitrogens with zero attached hydrogens (tertiary/aromatic N) is 2. The number of pyridine rings is 1. The van der Waals surface area contributed by atoms with E-state index in [1.165, 1.54) is 13.3 Å². The van der Waals surface area contributed by atoms with Gasteiger partial charge in [0.25, 0.3) is 0 Å². The first-order chi connectivity index (χ1) is 10.8. The van der Waals surface area contributed by atoms with Crippen molar-refractivity contribution in [3.8, 4) is 5.88 Å². The van der Waals surface area contributed by atoms with Crippen molar-refractivity contribution in [3.05, 3.63) is 23.6 Å². The van der Waals surface area contributed by atoms with Crippen LogP contribution in [0.5, 0.6) is 5.88 Å². The van der Waals surface area contributed by atoms with Gasteiger partial charge in [-0.15, -0.1) is 0 Å². The average Bonchev–Trinajstić information content (AvgIpc) is 2.48. The van der Waals surface area contributed by atoms with Crippen molar-refractivity contribution in [2.45, 2.75) is 38.8 Å². The Hall–Kier alpha value is -1.89. The van der Waals surface area contributed by atoms with E-state index in [0.29, 0.717) is 31.6 Å². The number of methoxy groups -OCH3 is 1. The Bertz CT molecular complexity index is 560. The molecule has 0 saturated carbocycles. The van der Waals surface area contributed by atoms with Crippen molar-refractivity contribution in [2.75, 3.05) is 26.7 Å². The van der Waals surface area contributed by atoms with Crippen LogP contribution in [-0.4, -0.2) is 54.4 Å². The molecule has 2 rings (SSSR count). The molecule has 1 N–H and O–H groups in total. The zero-order valence-electron chi connectivity index (χ0n) is 14.1. The summed E-state index contributed by atoms with van der Waals surface area (Å²) >= 11 is 0. The Labute approximate surface area is 136 Å². The Kier molecular flexibility index (Phi) is 5.41. The van der Waals surface area contributed by atoms with E-state index in [9.17, 15) is 9.18 Å². The average molecular weight is 325 g/mol. The van der Waals surface area contributed by atoms with Gasteiger partial charge in [0.05, 0.1) is 13.2 Å². The molecule has 1 saturated heterocycles. The van der Waals surface area contributed by atoms with Gasteiger partial charge in [-0.25, -0.2) is 14.2 Å². The lowest BCUT2D eigenvalue weighted by atomic mass is 10.0. The molecule has 128 valence electrons. The first kappa shape index (κ1) is 17.5. The van der Waals surface area contributed by atoms with Gasteiger partial charge in [-0.3, -0.25) is 0 Å². The summed E-state index contributed by atoms with van der Waals surface area (Å²) in [7, 11) is 1.38. The van der Waals surface area contributed by atoms with Crippen molar-refractivity contribution in [3.63, 3.8) is 0 Å². The van der Waals surface area contributed by atoms with Crippen LogP contribution in [0, 0.1) is 5.82 Å². The van der Waals surface area contributed by atoms with E-state index >= 15 is 0 Å². The molecular weight excluding hydrogens is 301 g/mol. The Morgan fingerprint density at radius 3 is 2.91 bits per heavy atom. The standard InChI is InChI=1S/C16H24FN3O3/c1-16(2,3)23-15(21)20-8-7-18-10-12(20)9-11-5-6-19-14(22-4)13(11)17/h5-6,12,18H,7-10H2,1-4H3. The molecule has 1 aliphatic rings. The summed E-state index contributed by atoms with van der Waals surface area (Å²) in [5, 5.41) is 3.23. The largest absolute Gasteiger partial charge is 0.479 e. The Balaban J connectivity index is 2.14. The van der Waals surface area contributed by atoms with Crippen LogP contribution in [0.1, 0.15) is 26.3 Å². The molecule has 1 unspecified atom stereocenters. The van der Waals surface area contributed by atoms with E-state index < -0.39 is 11.4 Å². The van der Waals surface area contributed by atoms with E-state index in [1.54, 1.807) is 11.0 Å². The van der Waals surface area contributed by atoms with Gasteiger partial charge in [0, 0.05) is 25.8 Å². The van der Waals surface area contributed by atoms with E-state index in [-0.39, 0.29) is 18.0 Å². The first-order valence-electron chi connectivity index (χ1n) is 7.69. The number of halogens is 1. The Morgan fingerprint density at radius 2 is 2.26 bits per heavy atom. The third-order valence-electron chi connectivity index (χ3n) is 3.56. The molecule has 23 heavy (non-hydrogen) atoms. The summed E-state index contributed by atoms with van der Waals surface area (Å²) in [5.41, 5.74) is -0.0865. The summed E-state index contributed by atoms with van der Waals surface area (Å²) in [6.07, 6.45) is 1.51. The number of nitrogens with one attached hydrogen (secondary N) is 1. The highest BCUT2D eigenvalue weighted by molar-refractivity contribution is 5.68. The molecule has 0 aromatic carbocycles. The predicted octanol–water partition coefficient (Wildman–Crippen LogP) is 1.98. The highest BCUT2D eigenvalue weighted by Gasteiger charge is 2.31. The Morgan fingerprint density at radius 1 is 1.52 bits per heavy atom. The fraction of sp³-hybridized carbons (Fsp3) is 0.625. The fourth-order valence-electron chi connectivity index (χ4n) is 2.52. The molecule has 0 spiro atoms. The van der Waals surface area contributed by atoms with Crippen LogP contribution in [-0.2, 0) is 11.2 Å². The lowest BCUT2D eigenvalue weighted by molar-refractivity contribution is 0.0121. The van der Waals surface area contributed by atoms with Gasteiger partial charge in [-0.2, -0.15) is 0 Å². The first-order valence-corrected chi connectivity index (χ1v) is 7.69. The monoisotopic (exact) mass is 325 g/mol. The van der Waals surface area contributed by atoms with Crippen molar-refractivity contribution in [1.29, 1.82) is 0 Å². The molecule has 1 aromatic heterocycles. The minimum absolute atomic E-state index is 0.0323. The highest BCUT2D eigenvalue weighted by atomic mass is 19.1. The number of rotatable bonds is 3. The van der Waals surface area contributed by atoms with Crippen LogP contribution in [0.4, 0.5) is 9.18 Å². The second-order valence-corrected chi connectivity index (χ2v) is 6.53. The van der Waals surface area contributed by atoms with Crippen molar-refractivity contribution < 1.29 is 18.7 Å². The molecule has 1 aromatic rings. The third-order valence-corrected chi connectivity index (χ3v) is 3.56. The van der Waals surface area contributed by atoms with Crippen molar-refractivity contribution in [2.24, 2.45) is 0 Å². The minimum Gasteiger partial charge on any atom is -0.479 e. The van der Waals surface area contributed by atoms with Crippen LogP contribution in [0.2, 0.25) is 0 Å². The van der Waals surface area contributed by atoms with Crippen LogP contribution in [0.15, 0.2) is 12.3 Å². The summed E-state index contributed by atoms with van der Waals surface area (Å²) in [4.78, 5) is 17.9. The molecule has 1 aliphatic heterocycles. The maximum Gasteiger partial charge on any atom is 0.410 e. The molecule has 2 heterocycles. The van der Waals surface area contributed by atoms with Gasteiger partial charge in [0.15, 0.2) is 5.82 Å². The third kappa shape index (κ3) is 4.54. The number of carbonyl (C=O) groups excluding carboxylic acids is 1. The SMILES string of the molecule is COc1nccc(CC2CNCCN2C(=O)OC(C)(C)C)c1F. The highest BCUT2D eigenvalue weighted by Crippen LogP contribution is 2.21. The van der Waals surface area contributed by atoms with E-state index in [1.807, 2.05) is 20.8 Å². The number of hydrogen-bond donors (Lipinski definition) is 1. The zero-order valence-corrected chi connectivity index (χ0v) is 14.1. The summed E-state index contributed by atoms with van der Waals surface area (Å²) in [6.45, 7) is 7.30. The molecule has 7 heteroatoms. The topological polar surface area (TPSA) is 63.7 Å². The van der Waals surface area contributed by atoms with Gasteiger partial charge >= 0.3 is 6.09 Å². The van der Waals surface area contributed by atoms with E-state index in [0.717, 1.165) is 0 Å². The molecular formula is C16H24FN3O3. The second-order valence-electron chi connectivity index (χ2n) is 6.53. The van der Waals surface area contributed by atoms with Gasteiger partial charge in [0.1, 0.15) is 5.60 Å². The quantitative estimate of drug-likeness (QED) is 0.921. The summed E-state index contributed by atoms with van der Waals surface area (Å²) < 4.78 is 24.6. The number of amides is 1.